The Balaban J connectivity index is 1.35. The van der Waals surface area contributed by atoms with Crippen LogP contribution in [0.1, 0.15) is 19.3 Å². The molecule has 2 aliphatic heterocycles. The molecule has 2 bridgehead atoms. The average molecular weight is 313 g/mol. The van der Waals surface area contributed by atoms with E-state index in [-0.39, 0.29) is 18.4 Å². The zero-order chi connectivity index (χ0) is 15.8. The van der Waals surface area contributed by atoms with Crippen LogP contribution in [0, 0.1) is 5.92 Å². The second kappa shape index (κ2) is 5.96. The topological polar surface area (TPSA) is 43.9 Å². The molecule has 122 valence electrons. The number of piperazine rings is 1. The summed E-state index contributed by atoms with van der Waals surface area (Å²) in [7, 11) is 0. The number of anilines is 1. The molecule has 0 unspecified atom stereocenters. The summed E-state index contributed by atoms with van der Waals surface area (Å²) in [4.78, 5) is 30.8. The van der Waals surface area contributed by atoms with Crippen molar-refractivity contribution in [1.82, 2.24) is 9.80 Å². The van der Waals surface area contributed by atoms with E-state index >= 15 is 0 Å². The Morgan fingerprint density at radius 2 is 1.96 bits per heavy atom. The third-order valence-corrected chi connectivity index (χ3v) is 5.50. The van der Waals surface area contributed by atoms with Crippen molar-refractivity contribution in [2.24, 2.45) is 5.92 Å². The molecule has 2 saturated heterocycles. The van der Waals surface area contributed by atoms with Crippen molar-refractivity contribution in [3.05, 3.63) is 30.3 Å². The number of likely N-dealkylation sites (tertiary alicyclic amines) is 1. The summed E-state index contributed by atoms with van der Waals surface area (Å²) in [5, 5.41) is 0. The molecule has 23 heavy (non-hydrogen) atoms. The van der Waals surface area contributed by atoms with Gasteiger partial charge in [-0.2, -0.15) is 0 Å². The summed E-state index contributed by atoms with van der Waals surface area (Å²) >= 11 is 0. The first-order valence-electron chi connectivity index (χ1n) is 8.58. The number of carbonyl (C=O) groups excluding carboxylic acids is 2. The molecular formula is C18H23N3O2. The van der Waals surface area contributed by atoms with Gasteiger partial charge < -0.3 is 9.80 Å². The number of hydrogen-bond acceptors (Lipinski definition) is 3. The molecule has 1 aromatic carbocycles. The minimum absolute atomic E-state index is 0.0127. The number of rotatable bonds is 3. The molecule has 1 aromatic rings. The molecule has 1 saturated carbocycles. The number of nitrogens with zero attached hydrogens (tertiary/aromatic N) is 3. The fourth-order valence-corrected chi connectivity index (χ4v) is 4.26. The molecule has 0 aromatic heterocycles. The van der Waals surface area contributed by atoms with Gasteiger partial charge in [0.1, 0.15) is 6.54 Å². The van der Waals surface area contributed by atoms with Gasteiger partial charge in [-0.25, -0.2) is 0 Å². The van der Waals surface area contributed by atoms with Gasteiger partial charge in [-0.05, 0) is 37.3 Å². The maximum atomic E-state index is 12.5. The van der Waals surface area contributed by atoms with E-state index in [1.165, 1.54) is 19.3 Å². The largest absolute Gasteiger partial charge is 0.330 e. The maximum absolute atomic E-state index is 12.5. The Morgan fingerprint density at radius 1 is 1.13 bits per heavy atom. The van der Waals surface area contributed by atoms with Crippen molar-refractivity contribution < 1.29 is 9.59 Å². The van der Waals surface area contributed by atoms with E-state index in [1.807, 2.05) is 30.3 Å². The molecular weight excluding hydrogens is 290 g/mol. The summed E-state index contributed by atoms with van der Waals surface area (Å²) in [6.45, 7) is 2.96. The highest BCUT2D eigenvalue weighted by Gasteiger charge is 2.39. The summed E-state index contributed by atoms with van der Waals surface area (Å²) < 4.78 is 0. The summed E-state index contributed by atoms with van der Waals surface area (Å²) in [5.74, 6) is 0.918. The van der Waals surface area contributed by atoms with Crippen LogP contribution in [-0.4, -0.2) is 60.4 Å². The zero-order valence-corrected chi connectivity index (χ0v) is 13.4. The lowest BCUT2D eigenvalue weighted by atomic mass is 10.1. The molecule has 3 fully saturated rings. The van der Waals surface area contributed by atoms with Gasteiger partial charge in [-0.15, -0.1) is 0 Å². The van der Waals surface area contributed by atoms with E-state index in [2.05, 4.69) is 4.90 Å². The SMILES string of the molecule is O=C(CN1C[C@H]2CC[C@@H]1C2)N1CCN(c2ccccc2)C(=O)C1. The second-order valence-electron chi connectivity index (χ2n) is 6.96. The standard InChI is InChI=1S/C18H23N3O2/c22-17(12-20-11-14-6-7-16(20)10-14)19-8-9-21(18(23)13-19)15-4-2-1-3-5-15/h1-5,14,16H,6-13H2/t14-,16+/m0/s1. The van der Waals surface area contributed by atoms with Crippen molar-refractivity contribution in [3.8, 4) is 0 Å². The first-order valence-corrected chi connectivity index (χ1v) is 8.58. The molecule has 0 N–H and O–H groups in total. The van der Waals surface area contributed by atoms with Crippen molar-refractivity contribution in [2.45, 2.75) is 25.3 Å². The number of fused-ring (bicyclic) bond motifs is 2. The number of carbonyl (C=O) groups is 2. The predicted octanol–water partition coefficient (Wildman–Crippen LogP) is 1.35. The van der Waals surface area contributed by atoms with Crippen LogP contribution in [0.15, 0.2) is 30.3 Å². The van der Waals surface area contributed by atoms with Crippen LogP contribution in [0.3, 0.4) is 0 Å². The van der Waals surface area contributed by atoms with Gasteiger partial charge in [0.2, 0.25) is 11.8 Å². The molecule has 5 heteroatoms. The van der Waals surface area contributed by atoms with Gasteiger partial charge in [0.15, 0.2) is 0 Å². The number of hydrogen-bond donors (Lipinski definition) is 0. The lowest BCUT2D eigenvalue weighted by Crippen LogP contribution is -2.54. The predicted molar refractivity (Wildman–Crippen MR) is 88.1 cm³/mol. The van der Waals surface area contributed by atoms with E-state index in [0.717, 1.165) is 18.2 Å². The Hall–Kier alpha value is -1.88. The normalized spacial score (nSPS) is 27.7. The van der Waals surface area contributed by atoms with Crippen LogP contribution in [0.25, 0.3) is 0 Å². The van der Waals surface area contributed by atoms with Crippen LogP contribution in [0.4, 0.5) is 5.69 Å². The number of piperidine rings is 1. The third-order valence-electron chi connectivity index (χ3n) is 5.50. The Morgan fingerprint density at radius 3 is 2.61 bits per heavy atom. The van der Waals surface area contributed by atoms with Gasteiger partial charge in [-0.1, -0.05) is 18.2 Å². The average Bonchev–Trinajstić information content (AvgIpc) is 3.18. The van der Waals surface area contributed by atoms with Crippen LogP contribution in [-0.2, 0) is 9.59 Å². The van der Waals surface area contributed by atoms with Gasteiger partial charge >= 0.3 is 0 Å². The number of para-hydroxylation sites is 1. The van der Waals surface area contributed by atoms with Gasteiger partial charge in [0, 0.05) is 31.4 Å². The smallest absolute Gasteiger partial charge is 0.246 e. The number of benzene rings is 1. The van der Waals surface area contributed by atoms with E-state index in [1.54, 1.807) is 9.80 Å². The molecule has 1 aliphatic carbocycles. The highest BCUT2D eigenvalue weighted by molar-refractivity contribution is 5.98. The Labute approximate surface area is 136 Å². The highest BCUT2D eigenvalue weighted by atomic mass is 16.2. The lowest BCUT2D eigenvalue weighted by molar-refractivity contribution is -0.138. The van der Waals surface area contributed by atoms with Crippen LogP contribution < -0.4 is 4.90 Å². The zero-order valence-electron chi connectivity index (χ0n) is 13.4. The first kappa shape index (κ1) is 14.7. The van der Waals surface area contributed by atoms with Gasteiger partial charge in [0.25, 0.3) is 0 Å². The van der Waals surface area contributed by atoms with Gasteiger partial charge in [-0.3, -0.25) is 14.5 Å². The van der Waals surface area contributed by atoms with Crippen LogP contribution >= 0.6 is 0 Å². The molecule has 2 atom stereocenters. The minimum Gasteiger partial charge on any atom is -0.330 e. The second-order valence-corrected chi connectivity index (χ2v) is 6.96. The van der Waals surface area contributed by atoms with Gasteiger partial charge in [0.05, 0.1) is 6.54 Å². The first-order chi connectivity index (χ1) is 11.2. The fraction of sp³-hybridized carbons (Fsp3) is 0.556. The summed E-state index contributed by atoms with van der Waals surface area (Å²) in [6, 6.07) is 10.3. The maximum Gasteiger partial charge on any atom is 0.246 e. The van der Waals surface area contributed by atoms with E-state index < -0.39 is 0 Å². The molecule has 4 rings (SSSR count). The summed E-state index contributed by atoms with van der Waals surface area (Å²) in [5.41, 5.74) is 0.918. The molecule has 0 spiro atoms. The highest BCUT2D eigenvalue weighted by Crippen LogP contribution is 2.37. The molecule has 3 aliphatic rings. The van der Waals surface area contributed by atoms with E-state index in [0.29, 0.717) is 25.7 Å². The van der Waals surface area contributed by atoms with Crippen molar-refractivity contribution in [3.63, 3.8) is 0 Å². The molecule has 2 amide bonds. The monoisotopic (exact) mass is 313 g/mol. The quantitative estimate of drug-likeness (QED) is 0.846. The van der Waals surface area contributed by atoms with Crippen molar-refractivity contribution >= 4 is 17.5 Å². The van der Waals surface area contributed by atoms with Crippen molar-refractivity contribution in [1.29, 1.82) is 0 Å². The van der Waals surface area contributed by atoms with Crippen LogP contribution in [0.5, 0.6) is 0 Å². The Kier molecular flexibility index (Phi) is 3.81. The fourth-order valence-electron chi connectivity index (χ4n) is 4.26. The lowest BCUT2D eigenvalue weighted by Gasteiger charge is -2.36. The number of amides is 2. The Bertz CT molecular complexity index is 604. The molecule has 0 radical (unpaired) electrons. The molecule has 5 nitrogen and oxygen atoms in total. The summed E-state index contributed by atoms with van der Waals surface area (Å²) in [6.07, 6.45) is 3.82. The minimum atomic E-state index is 0.0127. The van der Waals surface area contributed by atoms with E-state index in [4.69, 9.17) is 0 Å². The van der Waals surface area contributed by atoms with Crippen LogP contribution in [0.2, 0.25) is 0 Å². The molecule has 2 heterocycles. The third kappa shape index (κ3) is 2.85. The van der Waals surface area contributed by atoms with E-state index in [9.17, 15) is 9.59 Å². The van der Waals surface area contributed by atoms with Crippen molar-refractivity contribution in [2.75, 3.05) is 37.6 Å².